The average molecular weight is 496 g/mol. The number of piperidine rings is 1. The van der Waals surface area contributed by atoms with Crippen molar-refractivity contribution in [1.82, 2.24) is 34.1 Å². The maximum absolute atomic E-state index is 6.30. The lowest BCUT2D eigenvalue weighted by Crippen LogP contribution is -2.46. The van der Waals surface area contributed by atoms with Crippen LogP contribution in [-0.4, -0.2) is 52.2 Å². The highest BCUT2D eigenvalue weighted by Crippen LogP contribution is 2.37. The molecule has 0 aliphatic carbocycles. The van der Waals surface area contributed by atoms with Gasteiger partial charge in [0.25, 0.3) is 0 Å². The van der Waals surface area contributed by atoms with E-state index < -0.39 is 0 Å². The molecule has 0 spiro atoms. The molecule has 2 atom stereocenters. The SMILES string of the molecule is Cc1cc(Nc2ncnn3ccc(CN4C5CCC4CC(N)C5)c23)ccc1Oc1ccn2ncnc2c1. The van der Waals surface area contributed by atoms with Gasteiger partial charge in [0.1, 0.15) is 29.7 Å². The van der Waals surface area contributed by atoms with Crippen LogP contribution in [0.3, 0.4) is 0 Å². The maximum Gasteiger partial charge on any atom is 0.158 e. The van der Waals surface area contributed by atoms with Gasteiger partial charge in [0.15, 0.2) is 11.5 Å². The summed E-state index contributed by atoms with van der Waals surface area (Å²) in [5.74, 6) is 2.29. The first kappa shape index (κ1) is 22.2. The van der Waals surface area contributed by atoms with Gasteiger partial charge in [-0.1, -0.05) is 0 Å². The molecule has 4 aromatic heterocycles. The molecule has 0 amide bonds. The van der Waals surface area contributed by atoms with Crippen molar-refractivity contribution in [3.8, 4) is 11.5 Å². The molecule has 10 nitrogen and oxygen atoms in total. The molecule has 3 N–H and O–H groups in total. The predicted molar refractivity (Wildman–Crippen MR) is 140 cm³/mol. The Hall–Kier alpha value is -4.02. The van der Waals surface area contributed by atoms with E-state index in [1.165, 1.54) is 24.7 Å². The van der Waals surface area contributed by atoms with Crippen LogP contribution in [0.25, 0.3) is 11.2 Å². The van der Waals surface area contributed by atoms with Crippen LogP contribution < -0.4 is 15.8 Å². The third-order valence-electron chi connectivity index (χ3n) is 7.73. The molecule has 2 aliphatic rings. The van der Waals surface area contributed by atoms with Gasteiger partial charge in [-0.2, -0.15) is 10.2 Å². The topological polar surface area (TPSA) is 111 Å². The van der Waals surface area contributed by atoms with E-state index in [1.54, 1.807) is 10.8 Å². The van der Waals surface area contributed by atoms with Gasteiger partial charge in [-0.25, -0.2) is 19.0 Å². The summed E-state index contributed by atoms with van der Waals surface area (Å²) >= 11 is 0. The zero-order valence-electron chi connectivity index (χ0n) is 20.7. The van der Waals surface area contributed by atoms with Gasteiger partial charge in [-0.15, -0.1) is 0 Å². The Morgan fingerprint density at radius 2 is 1.76 bits per heavy atom. The van der Waals surface area contributed by atoms with Crippen LogP contribution in [0.2, 0.25) is 0 Å². The lowest BCUT2D eigenvalue weighted by Gasteiger charge is -2.37. The zero-order chi connectivity index (χ0) is 24.9. The normalized spacial score (nSPS) is 21.6. The number of fused-ring (bicyclic) bond motifs is 4. The van der Waals surface area contributed by atoms with Crippen LogP contribution in [-0.2, 0) is 6.54 Å². The highest BCUT2D eigenvalue weighted by atomic mass is 16.5. The summed E-state index contributed by atoms with van der Waals surface area (Å²) in [5.41, 5.74) is 11.2. The molecule has 2 fully saturated rings. The third kappa shape index (κ3) is 4.08. The molecule has 2 saturated heterocycles. The van der Waals surface area contributed by atoms with Crippen molar-refractivity contribution in [1.29, 1.82) is 0 Å². The molecule has 5 aromatic rings. The largest absolute Gasteiger partial charge is 0.457 e. The van der Waals surface area contributed by atoms with Gasteiger partial charge >= 0.3 is 0 Å². The van der Waals surface area contributed by atoms with Crippen molar-refractivity contribution in [3.63, 3.8) is 0 Å². The van der Waals surface area contributed by atoms with Gasteiger partial charge in [-0.3, -0.25) is 4.90 Å². The number of nitrogens with two attached hydrogens (primary N) is 1. The fraction of sp³-hybridized carbons (Fsp3) is 0.333. The summed E-state index contributed by atoms with van der Waals surface area (Å²) in [7, 11) is 0. The van der Waals surface area contributed by atoms with Crippen molar-refractivity contribution in [2.75, 3.05) is 5.32 Å². The smallest absolute Gasteiger partial charge is 0.158 e. The standard InChI is InChI=1S/C27H29N9O/c1-17-10-20(2-5-24(17)37-23-7-9-35-25(13-23)29-15-31-35)33-27-26-18(6-8-36(26)32-16-30-27)14-34-21-3-4-22(34)12-19(28)11-21/h2,5-10,13,15-16,19,21-22H,3-4,11-12,14,28H2,1H3,(H,30,32,33). The number of rotatable bonds is 6. The molecule has 1 aromatic carbocycles. The van der Waals surface area contributed by atoms with Crippen LogP contribution >= 0.6 is 0 Å². The third-order valence-corrected chi connectivity index (χ3v) is 7.73. The van der Waals surface area contributed by atoms with E-state index in [0.717, 1.165) is 53.4 Å². The molecule has 37 heavy (non-hydrogen) atoms. The second kappa shape index (κ2) is 8.82. The van der Waals surface area contributed by atoms with Crippen LogP contribution in [0.1, 0.15) is 36.8 Å². The summed E-state index contributed by atoms with van der Waals surface area (Å²) in [4.78, 5) is 11.5. The van der Waals surface area contributed by atoms with Crippen LogP contribution in [0.5, 0.6) is 11.5 Å². The van der Waals surface area contributed by atoms with E-state index in [-0.39, 0.29) is 0 Å². The van der Waals surface area contributed by atoms with Gasteiger partial charge in [0, 0.05) is 48.8 Å². The molecule has 6 heterocycles. The second-order valence-corrected chi connectivity index (χ2v) is 10.2. The molecular formula is C27H29N9O. The quantitative estimate of drug-likeness (QED) is 0.363. The first-order valence-electron chi connectivity index (χ1n) is 12.8. The van der Waals surface area contributed by atoms with Crippen molar-refractivity contribution in [3.05, 3.63) is 72.6 Å². The molecule has 2 aliphatic heterocycles. The number of hydrogen-bond donors (Lipinski definition) is 2. The van der Waals surface area contributed by atoms with Crippen molar-refractivity contribution < 1.29 is 4.74 Å². The minimum Gasteiger partial charge on any atom is -0.457 e. The highest BCUT2D eigenvalue weighted by Gasteiger charge is 2.39. The Morgan fingerprint density at radius 1 is 0.973 bits per heavy atom. The maximum atomic E-state index is 6.30. The summed E-state index contributed by atoms with van der Waals surface area (Å²) in [6, 6.07) is 13.4. The Kier molecular flexibility index (Phi) is 5.29. The molecule has 2 unspecified atom stereocenters. The Bertz CT molecular complexity index is 1580. The number of nitrogens with one attached hydrogen (secondary N) is 1. The fourth-order valence-corrected chi connectivity index (χ4v) is 5.97. The summed E-state index contributed by atoms with van der Waals surface area (Å²) in [6.45, 7) is 2.92. The van der Waals surface area contributed by atoms with Gasteiger partial charge in [0.05, 0.1) is 0 Å². The van der Waals surface area contributed by atoms with Crippen LogP contribution in [0.15, 0.2) is 61.4 Å². The minimum atomic E-state index is 0.334. The fourth-order valence-electron chi connectivity index (χ4n) is 5.97. The van der Waals surface area contributed by atoms with Crippen LogP contribution in [0.4, 0.5) is 11.5 Å². The van der Waals surface area contributed by atoms with Crippen molar-refractivity contribution >= 4 is 22.7 Å². The lowest BCUT2D eigenvalue weighted by atomic mass is 9.97. The predicted octanol–water partition coefficient (Wildman–Crippen LogP) is 4.07. The molecule has 0 radical (unpaired) electrons. The van der Waals surface area contributed by atoms with Crippen molar-refractivity contribution in [2.45, 2.75) is 57.3 Å². The van der Waals surface area contributed by atoms with E-state index in [4.69, 9.17) is 10.5 Å². The number of pyridine rings is 1. The van der Waals surface area contributed by atoms with E-state index in [1.807, 2.05) is 48.1 Å². The number of hydrogen-bond acceptors (Lipinski definition) is 8. The van der Waals surface area contributed by atoms with Gasteiger partial charge < -0.3 is 15.8 Å². The number of aromatic nitrogens is 6. The molecule has 7 rings (SSSR count). The molecule has 2 bridgehead atoms. The first-order valence-corrected chi connectivity index (χ1v) is 12.8. The average Bonchev–Trinajstić information content (AvgIpc) is 3.58. The number of aryl methyl sites for hydroxylation is 1. The van der Waals surface area contributed by atoms with Crippen molar-refractivity contribution in [2.24, 2.45) is 5.73 Å². The number of anilines is 2. The van der Waals surface area contributed by atoms with Gasteiger partial charge in [-0.05, 0) is 74.1 Å². The minimum absolute atomic E-state index is 0.334. The first-order chi connectivity index (χ1) is 18.1. The summed E-state index contributed by atoms with van der Waals surface area (Å²) in [5, 5.41) is 12.1. The Balaban J connectivity index is 1.13. The lowest BCUT2D eigenvalue weighted by molar-refractivity contribution is 0.120. The Labute approximate surface area is 214 Å². The number of benzene rings is 1. The number of nitrogens with zero attached hydrogens (tertiary/aromatic N) is 7. The highest BCUT2D eigenvalue weighted by molar-refractivity contribution is 5.76. The molecule has 188 valence electrons. The molecule has 10 heteroatoms. The van der Waals surface area contributed by atoms with E-state index >= 15 is 0 Å². The molecular weight excluding hydrogens is 466 g/mol. The van der Waals surface area contributed by atoms with E-state index in [9.17, 15) is 0 Å². The monoisotopic (exact) mass is 495 g/mol. The Morgan fingerprint density at radius 3 is 2.59 bits per heavy atom. The summed E-state index contributed by atoms with van der Waals surface area (Å²) < 4.78 is 9.75. The van der Waals surface area contributed by atoms with E-state index in [2.05, 4.69) is 42.5 Å². The molecule has 0 saturated carbocycles. The number of ether oxygens (including phenoxy) is 1. The van der Waals surface area contributed by atoms with Gasteiger partial charge in [0.2, 0.25) is 0 Å². The van der Waals surface area contributed by atoms with Crippen LogP contribution in [0, 0.1) is 6.92 Å². The summed E-state index contributed by atoms with van der Waals surface area (Å²) in [6.07, 6.45) is 11.6. The van der Waals surface area contributed by atoms with E-state index in [0.29, 0.717) is 23.9 Å². The zero-order valence-corrected chi connectivity index (χ0v) is 20.7. The second-order valence-electron chi connectivity index (χ2n) is 10.2.